The molecule has 0 spiro atoms. The molecule has 0 aliphatic heterocycles. The predicted octanol–water partition coefficient (Wildman–Crippen LogP) is 3.81. The normalized spacial score (nSPS) is 14.2. The maximum absolute atomic E-state index is 5.88. The molecule has 2 N–H and O–H groups in total. The second kappa shape index (κ2) is 6.69. The summed E-state index contributed by atoms with van der Waals surface area (Å²) in [7, 11) is 0. The summed E-state index contributed by atoms with van der Waals surface area (Å²) < 4.78 is 0. The number of nitrogens with two attached hydrogens (primary N) is 1. The molecule has 18 heavy (non-hydrogen) atoms. The van der Waals surface area contributed by atoms with Crippen molar-refractivity contribution in [2.45, 2.75) is 47.1 Å². The van der Waals surface area contributed by atoms with Crippen LogP contribution >= 0.6 is 11.3 Å². The third kappa shape index (κ3) is 4.08. The van der Waals surface area contributed by atoms with Gasteiger partial charge in [-0.1, -0.05) is 20.8 Å². The monoisotopic (exact) mass is 268 g/mol. The Hall–Kier alpha value is -0.380. The molecule has 1 heterocycles. The molecular formula is C15H28N2S. The maximum atomic E-state index is 5.88. The standard InChI is InChI=1S/C15H28N2S/c1-6-8-17(11-15(4,5)10-16)13(3)14-12(2)7-9-18-14/h7,9,13H,6,8,10-11,16H2,1-5H3. The van der Waals surface area contributed by atoms with Crippen LogP contribution < -0.4 is 5.73 Å². The Labute approximate surface area is 116 Å². The number of hydrogen-bond acceptors (Lipinski definition) is 3. The van der Waals surface area contributed by atoms with Crippen LogP contribution in [0.4, 0.5) is 0 Å². The first kappa shape index (κ1) is 15.7. The lowest BCUT2D eigenvalue weighted by Gasteiger charge is -2.35. The van der Waals surface area contributed by atoms with E-state index in [0.717, 1.165) is 19.6 Å². The molecule has 1 aromatic heterocycles. The van der Waals surface area contributed by atoms with Gasteiger partial charge in [-0.3, -0.25) is 4.90 Å². The molecule has 3 heteroatoms. The van der Waals surface area contributed by atoms with Gasteiger partial charge in [0, 0.05) is 17.5 Å². The fourth-order valence-electron chi connectivity index (χ4n) is 2.29. The number of aryl methyl sites for hydroxylation is 1. The van der Waals surface area contributed by atoms with E-state index in [0.29, 0.717) is 6.04 Å². The molecule has 1 unspecified atom stereocenters. The molecule has 0 amide bonds. The first-order chi connectivity index (χ1) is 8.41. The van der Waals surface area contributed by atoms with Gasteiger partial charge < -0.3 is 5.73 Å². The van der Waals surface area contributed by atoms with Crippen LogP contribution in [0.15, 0.2) is 11.4 Å². The average molecular weight is 268 g/mol. The smallest absolute Gasteiger partial charge is 0.0416 e. The van der Waals surface area contributed by atoms with Crippen LogP contribution in [0.2, 0.25) is 0 Å². The quantitative estimate of drug-likeness (QED) is 0.814. The minimum absolute atomic E-state index is 0.189. The molecular weight excluding hydrogens is 240 g/mol. The third-order valence-electron chi connectivity index (χ3n) is 3.52. The predicted molar refractivity (Wildman–Crippen MR) is 82.2 cm³/mol. The first-order valence-electron chi connectivity index (χ1n) is 6.89. The van der Waals surface area contributed by atoms with Crippen molar-refractivity contribution in [1.82, 2.24) is 4.90 Å². The highest BCUT2D eigenvalue weighted by molar-refractivity contribution is 7.10. The number of rotatable bonds is 7. The maximum Gasteiger partial charge on any atom is 0.0416 e. The van der Waals surface area contributed by atoms with Gasteiger partial charge in [0.25, 0.3) is 0 Å². The molecule has 0 aliphatic carbocycles. The van der Waals surface area contributed by atoms with Gasteiger partial charge in [-0.25, -0.2) is 0 Å². The fraction of sp³-hybridized carbons (Fsp3) is 0.733. The highest BCUT2D eigenvalue weighted by Crippen LogP contribution is 2.30. The Balaban J connectivity index is 2.82. The summed E-state index contributed by atoms with van der Waals surface area (Å²) >= 11 is 1.87. The molecule has 0 saturated heterocycles. The average Bonchev–Trinajstić information content (AvgIpc) is 2.74. The topological polar surface area (TPSA) is 29.3 Å². The summed E-state index contributed by atoms with van der Waals surface area (Å²) in [6.07, 6.45) is 1.19. The highest BCUT2D eigenvalue weighted by Gasteiger charge is 2.25. The van der Waals surface area contributed by atoms with Crippen LogP contribution in [-0.2, 0) is 0 Å². The molecule has 0 fully saturated rings. The van der Waals surface area contributed by atoms with Gasteiger partial charge in [0.1, 0.15) is 0 Å². The van der Waals surface area contributed by atoms with E-state index in [2.05, 4.69) is 51.0 Å². The van der Waals surface area contributed by atoms with E-state index in [1.54, 1.807) is 0 Å². The Kier molecular flexibility index (Phi) is 5.83. The van der Waals surface area contributed by atoms with Crippen LogP contribution in [0.5, 0.6) is 0 Å². The number of nitrogens with zero attached hydrogens (tertiary/aromatic N) is 1. The van der Waals surface area contributed by atoms with Crippen LogP contribution in [0.25, 0.3) is 0 Å². The lowest BCUT2D eigenvalue weighted by atomic mass is 9.92. The van der Waals surface area contributed by atoms with Crippen molar-refractivity contribution < 1.29 is 0 Å². The van der Waals surface area contributed by atoms with Crippen molar-refractivity contribution in [1.29, 1.82) is 0 Å². The molecule has 0 aliphatic rings. The molecule has 0 radical (unpaired) electrons. The third-order valence-corrected chi connectivity index (χ3v) is 4.71. The zero-order chi connectivity index (χ0) is 13.8. The van der Waals surface area contributed by atoms with Crippen molar-refractivity contribution in [2.75, 3.05) is 19.6 Å². The summed E-state index contributed by atoms with van der Waals surface area (Å²) in [5, 5.41) is 2.19. The first-order valence-corrected chi connectivity index (χ1v) is 7.77. The van der Waals surface area contributed by atoms with Crippen LogP contribution in [0, 0.1) is 12.3 Å². The molecule has 2 nitrogen and oxygen atoms in total. The van der Waals surface area contributed by atoms with Gasteiger partial charge in [-0.15, -0.1) is 11.3 Å². The summed E-state index contributed by atoms with van der Waals surface area (Å²) in [6, 6.07) is 2.71. The van der Waals surface area contributed by atoms with E-state index in [1.807, 2.05) is 11.3 Å². The van der Waals surface area contributed by atoms with E-state index in [9.17, 15) is 0 Å². The number of hydrogen-bond donors (Lipinski definition) is 1. The molecule has 1 rings (SSSR count). The second-order valence-electron chi connectivity index (χ2n) is 5.98. The Morgan fingerprint density at radius 1 is 1.44 bits per heavy atom. The van der Waals surface area contributed by atoms with Gasteiger partial charge in [0.15, 0.2) is 0 Å². The molecule has 1 aromatic rings. The van der Waals surface area contributed by atoms with Gasteiger partial charge >= 0.3 is 0 Å². The SMILES string of the molecule is CCCN(CC(C)(C)CN)C(C)c1sccc1C. The lowest BCUT2D eigenvalue weighted by molar-refractivity contribution is 0.142. The summed E-state index contributed by atoms with van der Waals surface area (Å²) in [5.41, 5.74) is 7.48. The molecule has 0 bridgehead atoms. The Bertz CT molecular complexity index is 357. The van der Waals surface area contributed by atoms with Gasteiger partial charge in [0.2, 0.25) is 0 Å². The van der Waals surface area contributed by atoms with E-state index < -0.39 is 0 Å². The van der Waals surface area contributed by atoms with Crippen LogP contribution in [0.3, 0.4) is 0 Å². The van der Waals surface area contributed by atoms with E-state index in [4.69, 9.17) is 5.73 Å². The van der Waals surface area contributed by atoms with Crippen LogP contribution in [0.1, 0.15) is 50.6 Å². The zero-order valence-corrected chi connectivity index (χ0v) is 13.3. The fourth-order valence-corrected chi connectivity index (χ4v) is 3.31. The Morgan fingerprint density at radius 3 is 2.56 bits per heavy atom. The minimum Gasteiger partial charge on any atom is -0.330 e. The summed E-state index contributed by atoms with van der Waals surface area (Å²) in [5.74, 6) is 0. The van der Waals surface area contributed by atoms with Gasteiger partial charge in [0.05, 0.1) is 0 Å². The molecule has 0 saturated carbocycles. The molecule has 0 aromatic carbocycles. The van der Waals surface area contributed by atoms with Crippen LogP contribution in [-0.4, -0.2) is 24.5 Å². The highest BCUT2D eigenvalue weighted by atomic mass is 32.1. The van der Waals surface area contributed by atoms with E-state index in [-0.39, 0.29) is 5.41 Å². The lowest BCUT2D eigenvalue weighted by Crippen LogP contribution is -2.40. The van der Waals surface area contributed by atoms with E-state index in [1.165, 1.54) is 16.9 Å². The van der Waals surface area contributed by atoms with Gasteiger partial charge in [-0.05, 0) is 55.8 Å². The Morgan fingerprint density at radius 2 is 2.11 bits per heavy atom. The van der Waals surface area contributed by atoms with Crippen molar-refractivity contribution in [3.63, 3.8) is 0 Å². The van der Waals surface area contributed by atoms with Crippen molar-refractivity contribution in [2.24, 2.45) is 11.1 Å². The largest absolute Gasteiger partial charge is 0.330 e. The number of thiophene rings is 1. The molecule has 104 valence electrons. The zero-order valence-electron chi connectivity index (χ0n) is 12.5. The summed E-state index contributed by atoms with van der Waals surface area (Å²) in [6.45, 7) is 14.2. The van der Waals surface area contributed by atoms with Gasteiger partial charge in [-0.2, -0.15) is 0 Å². The van der Waals surface area contributed by atoms with Crippen molar-refractivity contribution >= 4 is 11.3 Å². The van der Waals surface area contributed by atoms with Crippen molar-refractivity contribution in [3.05, 3.63) is 21.9 Å². The van der Waals surface area contributed by atoms with E-state index >= 15 is 0 Å². The minimum atomic E-state index is 0.189. The van der Waals surface area contributed by atoms with Crippen molar-refractivity contribution in [3.8, 4) is 0 Å². The summed E-state index contributed by atoms with van der Waals surface area (Å²) in [4.78, 5) is 4.07. The second-order valence-corrected chi connectivity index (χ2v) is 6.93. The molecule has 1 atom stereocenters.